The number of carbonyl (C=O) groups is 1. The maximum absolute atomic E-state index is 10.6. The Hall–Kier alpha value is -1.31. The van der Waals surface area contributed by atoms with Crippen molar-refractivity contribution in [2.45, 2.75) is 46.0 Å². The van der Waals surface area contributed by atoms with Crippen LogP contribution in [0.4, 0.5) is 0 Å². The average molecular weight is 234 g/mol. The van der Waals surface area contributed by atoms with Gasteiger partial charge in [-0.3, -0.25) is 4.79 Å². The summed E-state index contributed by atoms with van der Waals surface area (Å²) in [5, 5.41) is 8.71. The van der Waals surface area contributed by atoms with Crippen molar-refractivity contribution in [2.24, 2.45) is 5.92 Å². The van der Waals surface area contributed by atoms with E-state index in [1.54, 1.807) is 0 Å². The van der Waals surface area contributed by atoms with Crippen molar-refractivity contribution in [2.75, 3.05) is 0 Å². The molecule has 0 fully saturated rings. The van der Waals surface area contributed by atoms with Crippen LogP contribution in [0.3, 0.4) is 0 Å². The molecule has 0 heterocycles. The van der Waals surface area contributed by atoms with Crippen molar-refractivity contribution < 1.29 is 9.90 Å². The zero-order valence-electron chi connectivity index (χ0n) is 10.9. The summed E-state index contributed by atoms with van der Waals surface area (Å²) in [6.45, 7) is 6.40. The second-order valence-electron chi connectivity index (χ2n) is 4.96. The molecular formula is C15H22O2. The number of rotatable bonds is 6. The molecule has 2 unspecified atom stereocenters. The largest absolute Gasteiger partial charge is 0.481 e. The third-order valence-electron chi connectivity index (χ3n) is 3.27. The fourth-order valence-corrected chi connectivity index (χ4v) is 1.99. The Morgan fingerprint density at radius 3 is 2.29 bits per heavy atom. The van der Waals surface area contributed by atoms with Gasteiger partial charge in [-0.05, 0) is 35.8 Å². The van der Waals surface area contributed by atoms with Crippen LogP contribution >= 0.6 is 0 Å². The SMILES string of the molecule is CCC(C)c1ccc(CC(C)CC(=O)O)cc1. The van der Waals surface area contributed by atoms with Crippen LogP contribution < -0.4 is 0 Å². The molecule has 0 bridgehead atoms. The summed E-state index contributed by atoms with van der Waals surface area (Å²) in [7, 11) is 0. The molecule has 0 spiro atoms. The maximum atomic E-state index is 10.6. The number of carboxylic acid groups (broad SMARTS) is 1. The zero-order valence-corrected chi connectivity index (χ0v) is 10.9. The van der Waals surface area contributed by atoms with Crippen LogP contribution in [0.25, 0.3) is 0 Å². The van der Waals surface area contributed by atoms with E-state index >= 15 is 0 Å². The van der Waals surface area contributed by atoms with Crippen LogP contribution in [-0.2, 0) is 11.2 Å². The van der Waals surface area contributed by atoms with Gasteiger partial charge in [0, 0.05) is 6.42 Å². The standard InChI is InChI=1S/C15H22O2/c1-4-12(3)14-7-5-13(6-8-14)9-11(2)10-15(16)17/h5-8,11-12H,4,9-10H2,1-3H3,(H,16,17). The Labute approximate surface area is 104 Å². The minimum atomic E-state index is -0.714. The third kappa shape index (κ3) is 4.59. The van der Waals surface area contributed by atoms with E-state index < -0.39 is 5.97 Å². The van der Waals surface area contributed by atoms with E-state index in [0.29, 0.717) is 5.92 Å². The molecule has 1 N–H and O–H groups in total. The third-order valence-corrected chi connectivity index (χ3v) is 3.27. The van der Waals surface area contributed by atoms with Crippen LogP contribution in [0.15, 0.2) is 24.3 Å². The molecule has 2 atom stereocenters. The maximum Gasteiger partial charge on any atom is 0.303 e. The van der Waals surface area contributed by atoms with Crippen LogP contribution in [-0.4, -0.2) is 11.1 Å². The molecule has 0 aromatic heterocycles. The molecule has 1 aromatic rings. The first-order chi connectivity index (χ1) is 8.02. The topological polar surface area (TPSA) is 37.3 Å². The molecule has 2 nitrogen and oxygen atoms in total. The molecule has 0 saturated heterocycles. The number of hydrogen-bond donors (Lipinski definition) is 1. The second kappa shape index (κ2) is 6.43. The van der Waals surface area contributed by atoms with E-state index in [4.69, 9.17) is 5.11 Å². The second-order valence-corrected chi connectivity index (χ2v) is 4.96. The Kier molecular flexibility index (Phi) is 5.20. The summed E-state index contributed by atoms with van der Waals surface area (Å²) in [6, 6.07) is 8.58. The zero-order chi connectivity index (χ0) is 12.8. The molecule has 17 heavy (non-hydrogen) atoms. The molecule has 1 aromatic carbocycles. The van der Waals surface area contributed by atoms with Crippen molar-refractivity contribution in [1.29, 1.82) is 0 Å². The van der Waals surface area contributed by atoms with Gasteiger partial charge in [0.25, 0.3) is 0 Å². The van der Waals surface area contributed by atoms with Crippen molar-refractivity contribution in [3.8, 4) is 0 Å². The molecular weight excluding hydrogens is 212 g/mol. The van der Waals surface area contributed by atoms with Gasteiger partial charge in [0.2, 0.25) is 0 Å². The van der Waals surface area contributed by atoms with Gasteiger partial charge in [0.15, 0.2) is 0 Å². The first kappa shape index (κ1) is 13.8. The van der Waals surface area contributed by atoms with Crippen molar-refractivity contribution >= 4 is 5.97 Å². The smallest absolute Gasteiger partial charge is 0.303 e. The van der Waals surface area contributed by atoms with Crippen LogP contribution in [0.1, 0.15) is 50.7 Å². The predicted molar refractivity (Wildman–Crippen MR) is 70.3 cm³/mol. The highest BCUT2D eigenvalue weighted by molar-refractivity contribution is 5.67. The number of aliphatic carboxylic acids is 1. The normalized spacial score (nSPS) is 14.3. The highest BCUT2D eigenvalue weighted by Gasteiger charge is 2.09. The van der Waals surface area contributed by atoms with Crippen LogP contribution in [0.5, 0.6) is 0 Å². The highest BCUT2D eigenvalue weighted by Crippen LogP contribution is 2.20. The predicted octanol–water partition coefficient (Wildman–Crippen LogP) is 3.85. The van der Waals surface area contributed by atoms with Gasteiger partial charge in [-0.15, -0.1) is 0 Å². The molecule has 0 radical (unpaired) electrons. The Bertz CT molecular complexity index is 354. The Morgan fingerprint density at radius 1 is 1.24 bits per heavy atom. The minimum Gasteiger partial charge on any atom is -0.481 e. The minimum absolute atomic E-state index is 0.196. The van der Waals surface area contributed by atoms with Crippen LogP contribution in [0, 0.1) is 5.92 Å². The first-order valence-corrected chi connectivity index (χ1v) is 6.33. The summed E-state index contributed by atoms with van der Waals surface area (Å²) in [4.78, 5) is 10.6. The van der Waals surface area contributed by atoms with E-state index in [-0.39, 0.29) is 12.3 Å². The van der Waals surface area contributed by atoms with Gasteiger partial charge in [-0.2, -0.15) is 0 Å². The quantitative estimate of drug-likeness (QED) is 0.811. The molecule has 0 aliphatic carbocycles. The Balaban J connectivity index is 2.59. The van der Waals surface area contributed by atoms with Gasteiger partial charge in [-0.25, -0.2) is 0 Å². The summed E-state index contributed by atoms with van der Waals surface area (Å²) in [5.41, 5.74) is 2.59. The van der Waals surface area contributed by atoms with Gasteiger partial charge >= 0.3 is 5.97 Å². The van der Waals surface area contributed by atoms with E-state index in [9.17, 15) is 4.79 Å². The highest BCUT2D eigenvalue weighted by atomic mass is 16.4. The summed E-state index contributed by atoms with van der Waals surface area (Å²) in [6.07, 6.45) is 2.23. The van der Waals surface area contributed by atoms with Gasteiger partial charge in [0.1, 0.15) is 0 Å². The van der Waals surface area contributed by atoms with Gasteiger partial charge < -0.3 is 5.11 Å². The molecule has 0 amide bonds. The number of benzene rings is 1. The van der Waals surface area contributed by atoms with Crippen molar-refractivity contribution in [1.82, 2.24) is 0 Å². The van der Waals surface area contributed by atoms with Gasteiger partial charge in [-0.1, -0.05) is 45.0 Å². The first-order valence-electron chi connectivity index (χ1n) is 6.33. The lowest BCUT2D eigenvalue weighted by Crippen LogP contribution is -2.07. The molecule has 1 rings (SSSR count). The molecule has 94 valence electrons. The summed E-state index contributed by atoms with van der Waals surface area (Å²) in [5.74, 6) is 0.0798. The lowest BCUT2D eigenvalue weighted by atomic mass is 9.94. The molecule has 0 aliphatic heterocycles. The van der Waals surface area contributed by atoms with E-state index in [1.807, 2.05) is 6.92 Å². The lowest BCUT2D eigenvalue weighted by molar-refractivity contribution is -0.137. The summed E-state index contributed by atoms with van der Waals surface area (Å²) < 4.78 is 0. The summed E-state index contributed by atoms with van der Waals surface area (Å²) >= 11 is 0. The van der Waals surface area contributed by atoms with Crippen LogP contribution in [0.2, 0.25) is 0 Å². The molecule has 0 saturated carbocycles. The molecule has 0 aliphatic rings. The fraction of sp³-hybridized carbons (Fsp3) is 0.533. The van der Waals surface area contributed by atoms with E-state index in [0.717, 1.165) is 12.8 Å². The van der Waals surface area contributed by atoms with Gasteiger partial charge in [0.05, 0.1) is 0 Å². The fourth-order valence-electron chi connectivity index (χ4n) is 1.99. The Morgan fingerprint density at radius 2 is 1.82 bits per heavy atom. The van der Waals surface area contributed by atoms with E-state index in [2.05, 4.69) is 38.1 Å². The number of carboxylic acids is 1. The monoisotopic (exact) mass is 234 g/mol. The van der Waals surface area contributed by atoms with E-state index in [1.165, 1.54) is 11.1 Å². The average Bonchev–Trinajstić information content (AvgIpc) is 2.28. The van der Waals surface area contributed by atoms with Crippen molar-refractivity contribution in [3.05, 3.63) is 35.4 Å². The molecule has 2 heteroatoms. The number of hydrogen-bond acceptors (Lipinski definition) is 1. The lowest BCUT2D eigenvalue weighted by Gasteiger charge is -2.12. The van der Waals surface area contributed by atoms with Crippen molar-refractivity contribution in [3.63, 3.8) is 0 Å².